The standard InChI is InChI=1S/C10H9BrClF2NO2/c1-17-7(16)2-6-5(3-12)4-15-9(11)8(6)10(13)14/h4,10H,2-3H2,1H3. The van der Waals surface area contributed by atoms with Crippen molar-refractivity contribution in [3.8, 4) is 0 Å². The number of carbonyl (C=O) groups is 1. The lowest BCUT2D eigenvalue weighted by Gasteiger charge is -2.13. The van der Waals surface area contributed by atoms with Gasteiger partial charge in [0.05, 0.1) is 19.1 Å². The van der Waals surface area contributed by atoms with Crippen molar-refractivity contribution in [2.45, 2.75) is 18.7 Å². The molecule has 0 fully saturated rings. The van der Waals surface area contributed by atoms with E-state index in [4.69, 9.17) is 11.6 Å². The molecule has 0 atom stereocenters. The summed E-state index contributed by atoms with van der Waals surface area (Å²) in [5.41, 5.74) is 0.257. The van der Waals surface area contributed by atoms with Crippen LogP contribution < -0.4 is 0 Å². The van der Waals surface area contributed by atoms with Crippen molar-refractivity contribution < 1.29 is 18.3 Å². The lowest BCUT2D eigenvalue weighted by molar-refractivity contribution is -0.139. The lowest BCUT2D eigenvalue weighted by atomic mass is 10.0. The summed E-state index contributed by atoms with van der Waals surface area (Å²) in [6, 6.07) is 0. The van der Waals surface area contributed by atoms with Crippen molar-refractivity contribution in [2.24, 2.45) is 0 Å². The van der Waals surface area contributed by atoms with Gasteiger partial charge in [-0.3, -0.25) is 4.79 Å². The highest BCUT2D eigenvalue weighted by atomic mass is 79.9. The van der Waals surface area contributed by atoms with Gasteiger partial charge in [0, 0.05) is 12.1 Å². The number of methoxy groups -OCH3 is 1. The van der Waals surface area contributed by atoms with E-state index in [2.05, 4.69) is 25.7 Å². The third kappa shape index (κ3) is 3.35. The zero-order valence-corrected chi connectivity index (χ0v) is 11.2. The number of pyridine rings is 1. The van der Waals surface area contributed by atoms with Gasteiger partial charge < -0.3 is 4.74 Å². The summed E-state index contributed by atoms with van der Waals surface area (Å²) in [5, 5.41) is 0. The molecule has 3 nitrogen and oxygen atoms in total. The zero-order chi connectivity index (χ0) is 13.0. The smallest absolute Gasteiger partial charge is 0.310 e. The number of rotatable bonds is 4. The summed E-state index contributed by atoms with van der Waals surface area (Å²) >= 11 is 8.57. The van der Waals surface area contributed by atoms with Crippen LogP contribution in [0.5, 0.6) is 0 Å². The predicted octanol–water partition coefficient (Wildman–Crippen LogP) is 3.24. The maximum atomic E-state index is 12.9. The Morgan fingerprint density at radius 3 is 2.76 bits per heavy atom. The second-order valence-electron chi connectivity index (χ2n) is 3.15. The first-order chi connectivity index (χ1) is 8.01. The quantitative estimate of drug-likeness (QED) is 0.484. The van der Waals surface area contributed by atoms with E-state index in [9.17, 15) is 13.6 Å². The van der Waals surface area contributed by atoms with Crippen LogP contribution in [-0.2, 0) is 21.8 Å². The Kier molecular flexibility index (Phi) is 5.27. The van der Waals surface area contributed by atoms with Crippen molar-refractivity contribution >= 4 is 33.5 Å². The summed E-state index contributed by atoms with van der Waals surface area (Å²) in [6.07, 6.45) is -1.62. The second-order valence-corrected chi connectivity index (χ2v) is 4.17. The van der Waals surface area contributed by atoms with Crippen LogP contribution in [0, 0.1) is 0 Å². The number of aromatic nitrogens is 1. The number of hydrogen-bond donors (Lipinski definition) is 0. The molecule has 1 heterocycles. The predicted molar refractivity (Wildman–Crippen MR) is 62.2 cm³/mol. The van der Waals surface area contributed by atoms with Crippen LogP contribution in [0.25, 0.3) is 0 Å². The lowest BCUT2D eigenvalue weighted by Crippen LogP contribution is -2.11. The molecule has 17 heavy (non-hydrogen) atoms. The van der Waals surface area contributed by atoms with Gasteiger partial charge in [-0.15, -0.1) is 11.6 Å². The van der Waals surface area contributed by atoms with E-state index < -0.39 is 12.4 Å². The SMILES string of the molecule is COC(=O)Cc1c(CCl)cnc(Br)c1C(F)F. The number of carbonyl (C=O) groups excluding carboxylic acids is 1. The first kappa shape index (κ1) is 14.3. The first-order valence-electron chi connectivity index (χ1n) is 4.58. The molecule has 0 aromatic carbocycles. The zero-order valence-electron chi connectivity index (χ0n) is 8.84. The summed E-state index contributed by atoms with van der Waals surface area (Å²) < 4.78 is 30.3. The fraction of sp³-hybridized carbons (Fsp3) is 0.400. The highest BCUT2D eigenvalue weighted by Crippen LogP contribution is 2.32. The third-order valence-electron chi connectivity index (χ3n) is 2.18. The molecule has 0 amide bonds. The number of hydrogen-bond acceptors (Lipinski definition) is 3. The van der Waals surface area contributed by atoms with E-state index in [1.165, 1.54) is 13.3 Å². The molecule has 0 saturated heterocycles. The van der Waals surface area contributed by atoms with Crippen LogP contribution in [0.1, 0.15) is 23.1 Å². The van der Waals surface area contributed by atoms with Crippen LogP contribution in [0.15, 0.2) is 10.8 Å². The van der Waals surface area contributed by atoms with Crippen molar-refractivity contribution in [1.82, 2.24) is 4.98 Å². The van der Waals surface area contributed by atoms with Crippen molar-refractivity contribution in [1.29, 1.82) is 0 Å². The highest BCUT2D eigenvalue weighted by molar-refractivity contribution is 9.10. The molecule has 0 aliphatic heterocycles. The summed E-state index contributed by atoms with van der Waals surface area (Å²) in [4.78, 5) is 15.0. The normalized spacial score (nSPS) is 10.7. The van der Waals surface area contributed by atoms with Crippen LogP contribution in [0.3, 0.4) is 0 Å². The van der Waals surface area contributed by atoms with E-state index in [-0.39, 0.29) is 28.0 Å². The van der Waals surface area contributed by atoms with Crippen LogP contribution in [-0.4, -0.2) is 18.1 Å². The number of nitrogens with zero attached hydrogens (tertiary/aromatic N) is 1. The molecule has 0 spiro atoms. The first-order valence-corrected chi connectivity index (χ1v) is 5.91. The van der Waals surface area contributed by atoms with Crippen molar-refractivity contribution in [3.63, 3.8) is 0 Å². The molecule has 0 radical (unpaired) electrons. The Morgan fingerprint density at radius 1 is 1.65 bits per heavy atom. The summed E-state index contributed by atoms with van der Waals surface area (Å²) in [5.74, 6) is -0.594. The van der Waals surface area contributed by atoms with Gasteiger partial charge in [-0.2, -0.15) is 0 Å². The van der Waals surface area contributed by atoms with Gasteiger partial charge in [0.25, 0.3) is 6.43 Å². The van der Waals surface area contributed by atoms with E-state index in [0.29, 0.717) is 5.56 Å². The fourth-order valence-electron chi connectivity index (χ4n) is 1.34. The topological polar surface area (TPSA) is 39.2 Å². The largest absolute Gasteiger partial charge is 0.469 e. The molecule has 0 aliphatic carbocycles. The van der Waals surface area contributed by atoms with Gasteiger partial charge in [0.15, 0.2) is 0 Å². The Morgan fingerprint density at radius 2 is 2.29 bits per heavy atom. The summed E-state index contributed by atoms with van der Waals surface area (Å²) in [6.45, 7) is 0. The Hall–Kier alpha value is -0.750. The number of ether oxygens (including phenoxy) is 1. The van der Waals surface area contributed by atoms with Crippen LogP contribution >= 0.6 is 27.5 Å². The molecule has 7 heteroatoms. The Bertz CT molecular complexity index is 429. The van der Waals surface area contributed by atoms with Gasteiger partial charge in [-0.1, -0.05) is 0 Å². The molecule has 0 unspecified atom stereocenters. The van der Waals surface area contributed by atoms with E-state index in [1.807, 2.05) is 0 Å². The van der Waals surface area contributed by atoms with Gasteiger partial charge in [-0.05, 0) is 27.1 Å². The Labute approximate surface area is 110 Å². The molecule has 0 N–H and O–H groups in total. The molecule has 0 saturated carbocycles. The van der Waals surface area contributed by atoms with Gasteiger partial charge in [-0.25, -0.2) is 13.8 Å². The molecule has 0 bridgehead atoms. The number of esters is 1. The third-order valence-corrected chi connectivity index (χ3v) is 3.10. The minimum Gasteiger partial charge on any atom is -0.469 e. The van der Waals surface area contributed by atoms with Crippen LogP contribution in [0.2, 0.25) is 0 Å². The van der Waals surface area contributed by atoms with Crippen LogP contribution in [0.4, 0.5) is 8.78 Å². The molecule has 0 aliphatic rings. The van der Waals surface area contributed by atoms with E-state index >= 15 is 0 Å². The monoisotopic (exact) mass is 327 g/mol. The van der Waals surface area contributed by atoms with Gasteiger partial charge in [0.2, 0.25) is 0 Å². The summed E-state index contributed by atoms with van der Waals surface area (Å²) in [7, 11) is 1.20. The van der Waals surface area contributed by atoms with Crippen molar-refractivity contribution in [3.05, 3.63) is 27.5 Å². The molecular weight excluding hydrogens is 319 g/mol. The van der Waals surface area contributed by atoms with E-state index in [0.717, 1.165) is 0 Å². The average molecular weight is 329 g/mol. The maximum absolute atomic E-state index is 12.9. The maximum Gasteiger partial charge on any atom is 0.310 e. The highest BCUT2D eigenvalue weighted by Gasteiger charge is 2.22. The average Bonchev–Trinajstić information content (AvgIpc) is 2.28. The van der Waals surface area contributed by atoms with Gasteiger partial charge >= 0.3 is 5.97 Å². The molecule has 94 valence electrons. The van der Waals surface area contributed by atoms with E-state index in [1.54, 1.807) is 0 Å². The molecule has 1 aromatic heterocycles. The molecular formula is C10H9BrClF2NO2. The van der Waals surface area contributed by atoms with Gasteiger partial charge in [0.1, 0.15) is 4.60 Å². The second kappa shape index (κ2) is 6.26. The molecule has 1 aromatic rings. The minimum atomic E-state index is -2.74. The fourth-order valence-corrected chi connectivity index (χ4v) is 2.09. The number of alkyl halides is 3. The molecule has 1 rings (SSSR count). The van der Waals surface area contributed by atoms with Crippen molar-refractivity contribution in [2.75, 3.05) is 7.11 Å². The minimum absolute atomic E-state index is 0.00628. The number of halogens is 4. The Balaban J connectivity index is 3.29.